The second kappa shape index (κ2) is 5.50. The summed E-state index contributed by atoms with van der Waals surface area (Å²) in [7, 11) is -2.75. The summed E-state index contributed by atoms with van der Waals surface area (Å²) in [5.74, 6) is 0.649. The second-order valence-electron chi connectivity index (χ2n) is 4.43. The first kappa shape index (κ1) is 13.1. The van der Waals surface area contributed by atoms with Gasteiger partial charge in [0.25, 0.3) is 0 Å². The Morgan fingerprint density at radius 1 is 1.18 bits per heavy atom. The molecule has 0 radical (unpaired) electrons. The van der Waals surface area contributed by atoms with Gasteiger partial charge < -0.3 is 5.32 Å². The van der Waals surface area contributed by atoms with E-state index in [2.05, 4.69) is 33.4 Å². The van der Waals surface area contributed by atoms with Crippen LogP contribution in [0.25, 0.3) is 0 Å². The largest absolute Gasteiger partial charge is 0.310 e. The van der Waals surface area contributed by atoms with Gasteiger partial charge in [0.1, 0.15) is 9.84 Å². The number of hydrogen-bond donors (Lipinski definition) is 1. The first-order chi connectivity index (χ1) is 8.05. The smallest absolute Gasteiger partial charge is 0.150 e. The molecule has 1 N–H and O–H groups in total. The molecule has 0 aromatic heterocycles. The van der Waals surface area contributed by atoms with Crippen molar-refractivity contribution in [3.63, 3.8) is 0 Å². The van der Waals surface area contributed by atoms with Gasteiger partial charge in [-0.25, -0.2) is 8.42 Å². The topological polar surface area (TPSA) is 46.2 Å². The highest BCUT2D eigenvalue weighted by atomic mass is 79.9. The van der Waals surface area contributed by atoms with Crippen LogP contribution < -0.4 is 5.32 Å². The van der Waals surface area contributed by atoms with Crippen molar-refractivity contribution in [3.8, 4) is 0 Å². The van der Waals surface area contributed by atoms with Crippen LogP contribution in [0.5, 0.6) is 0 Å². The minimum absolute atomic E-state index is 0.324. The quantitative estimate of drug-likeness (QED) is 0.928. The fourth-order valence-corrected chi connectivity index (χ4v) is 3.71. The molecule has 1 fully saturated rings. The normalized spacial score (nSPS) is 20.3. The minimum atomic E-state index is -2.75. The van der Waals surface area contributed by atoms with Crippen LogP contribution in [0, 0.1) is 0 Å². The van der Waals surface area contributed by atoms with Crippen molar-refractivity contribution in [2.75, 3.05) is 11.5 Å². The van der Waals surface area contributed by atoms with Gasteiger partial charge in [-0.15, -0.1) is 0 Å². The van der Waals surface area contributed by atoms with Crippen LogP contribution in [0.15, 0.2) is 28.7 Å². The summed E-state index contributed by atoms with van der Waals surface area (Å²) in [6, 6.07) is 8.50. The summed E-state index contributed by atoms with van der Waals surface area (Å²) >= 11 is 3.40. The molecule has 1 aliphatic rings. The number of nitrogens with one attached hydrogen (secondary N) is 1. The van der Waals surface area contributed by atoms with Gasteiger partial charge in [0.15, 0.2) is 0 Å². The molecular formula is C12H16BrNO2S. The van der Waals surface area contributed by atoms with Crippen LogP contribution in [-0.4, -0.2) is 26.0 Å². The molecule has 1 aromatic carbocycles. The molecule has 2 rings (SSSR count). The lowest BCUT2D eigenvalue weighted by molar-refractivity contribution is 0.463. The highest BCUT2D eigenvalue weighted by molar-refractivity contribution is 9.10. The van der Waals surface area contributed by atoms with Gasteiger partial charge in [0.2, 0.25) is 0 Å². The van der Waals surface area contributed by atoms with Gasteiger partial charge in [-0.1, -0.05) is 28.1 Å². The van der Waals surface area contributed by atoms with Crippen molar-refractivity contribution in [3.05, 3.63) is 34.3 Å². The Hall–Kier alpha value is -0.390. The second-order valence-corrected chi connectivity index (χ2v) is 7.65. The Balaban J connectivity index is 1.81. The van der Waals surface area contributed by atoms with Gasteiger partial charge in [0.05, 0.1) is 11.5 Å². The number of rotatable bonds is 3. The number of sulfone groups is 1. The Kier molecular flexibility index (Phi) is 4.22. The molecule has 17 heavy (non-hydrogen) atoms. The van der Waals surface area contributed by atoms with Crippen molar-refractivity contribution in [2.24, 2.45) is 0 Å². The van der Waals surface area contributed by atoms with Crippen LogP contribution in [0.4, 0.5) is 0 Å². The summed E-state index contributed by atoms with van der Waals surface area (Å²) in [4.78, 5) is 0. The molecule has 1 saturated heterocycles. The van der Waals surface area contributed by atoms with Gasteiger partial charge in [-0.3, -0.25) is 0 Å². The van der Waals surface area contributed by atoms with Crippen molar-refractivity contribution in [1.82, 2.24) is 5.32 Å². The molecule has 0 amide bonds. The first-order valence-electron chi connectivity index (χ1n) is 5.73. The summed E-state index contributed by atoms with van der Waals surface area (Å²) in [5, 5.41) is 3.42. The number of benzene rings is 1. The van der Waals surface area contributed by atoms with Gasteiger partial charge in [0, 0.05) is 17.1 Å². The Morgan fingerprint density at radius 3 is 2.35 bits per heavy atom. The average Bonchev–Trinajstić information content (AvgIpc) is 2.30. The standard InChI is InChI=1S/C12H16BrNO2S/c13-11-3-1-10(2-4-11)9-14-12-5-7-17(15,16)8-6-12/h1-4,12,14H,5-9H2. The van der Waals surface area contributed by atoms with Crippen molar-refractivity contribution in [1.29, 1.82) is 0 Å². The Morgan fingerprint density at radius 2 is 1.76 bits per heavy atom. The molecule has 0 saturated carbocycles. The summed E-state index contributed by atoms with van der Waals surface area (Å²) in [6.07, 6.45) is 1.47. The van der Waals surface area contributed by atoms with E-state index >= 15 is 0 Å². The van der Waals surface area contributed by atoms with Crippen LogP contribution >= 0.6 is 15.9 Å². The molecule has 1 aromatic rings. The fraction of sp³-hybridized carbons (Fsp3) is 0.500. The summed E-state index contributed by atoms with van der Waals surface area (Å²) < 4.78 is 23.6. The Bertz CT molecular complexity index is 456. The highest BCUT2D eigenvalue weighted by Crippen LogP contribution is 2.14. The summed E-state index contributed by atoms with van der Waals surface area (Å²) in [5.41, 5.74) is 1.22. The average molecular weight is 318 g/mol. The SMILES string of the molecule is O=S1(=O)CCC(NCc2ccc(Br)cc2)CC1. The third-order valence-corrected chi connectivity index (χ3v) is 5.31. The maximum Gasteiger partial charge on any atom is 0.150 e. The van der Waals surface area contributed by atoms with E-state index in [1.54, 1.807) is 0 Å². The lowest BCUT2D eigenvalue weighted by Crippen LogP contribution is -2.37. The number of halogens is 1. The third kappa shape index (κ3) is 4.08. The van der Waals surface area contributed by atoms with Gasteiger partial charge >= 0.3 is 0 Å². The van der Waals surface area contributed by atoms with E-state index < -0.39 is 9.84 Å². The molecule has 3 nitrogen and oxygen atoms in total. The lowest BCUT2D eigenvalue weighted by atomic mass is 10.1. The molecule has 0 unspecified atom stereocenters. The van der Waals surface area contributed by atoms with E-state index in [1.807, 2.05) is 12.1 Å². The maximum atomic E-state index is 11.3. The summed E-state index contributed by atoms with van der Waals surface area (Å²) in [6.45, 7) is 0.804. The van der Waals surface area contributed by atoms with Crippen LogP contribution in [0.1, 0.15) is 18.4 Å². The highest BCUT2D eigenvalue weighted by Gasteiger charge is 2.22. The van der Waals surface area contributed by atoms with E-state index in [1.165, 1.54) is 5.56 Å². The lowest BCUT2D eigenvalue weighted by Gasteiger charge is -2.23. The van der Waals surface area contributed by atoms with Crippen molar-refractivity contribution < 1.29 is 8.42 Å². The zero-order valence-corrected chi connectivity index (χ0v) is 11.9. The van der Waals surface area contributed by atoms with E-state index in [9.17, 15) is 8.42 Å². The fourth-order valence-electron chi connectivity index (χ4n) is 1.96. The zero-order valence-electron chi connectivity index (χ0n) is 9.52. The molecule has 0 bridgehead atoms. The Labute approximate surface area is 111 Å². The van der Waals surface area contributed by atoms with E-state index in [0.717, 1.165) is 23.9 Å². The van der Waals surface area contributed by atoms with Crippen molar-refractivity contribution >= 4 is 25.8 Å². The maximum absolute atomic E-state index is 11.3. The molecule has 0 atom stereocenters. The van der Waals surface area contributed by atoms with Crippen LogP contribution in [0.2, 0.25) is 0 Å². The first-order valence-corrected chi connectivity index (χ1v) is 8.35. The molecule has 1 aliphatic heterocycles. The molecule has 0 aliphatic carbocycles. The molecule has 94 valence electrons. The van der Waals surface area contributed by atoms with E-state index in [4.69, 9.17) is 0 Å². The third-order valence-electron chi connectivity index (χ3n) is 3.06. The molecule has 0 spiro atoms. The molecule has 1 heterocycles. The zero-order chi connectivity index (χ0) is 12.3. The van der Waals surface area contributed by atoms with Crippen molar-refractivity contribution in [2.45, 2.75) is 25.4 Å². The predicted molar refractivity (Wildman–Crippen MR) is 72.7 cm³/mol. The predicted octanol–water partition coefficient (Wildman–Crippen LogP) is 2.12. The molecular weight excluding hydrogens is 302 g/mol. The molecule has 5 heteroatoms. The number of hydrogen-bond acceptors (Lipinski definition) is 3. The van der Waals surface area contributed by atoms with E-state index in [0.29, 0.717) is 17.5 Å². The van der Waals surface area contributed by atoms with Crippen LogP contribution in [0.3, 0.4) is 0 Å². The van der Waals surface area contributed by atoms with Gasteiger partial charge in [-0.2, -0.15) is 0 Å². The van der Waals surface area contributed by atoms with Crippen LogP contribution in [-0.2, 0) is 16.4 Å². The van der Waals surface area contributed by atoms with Gasteiger partial charge in [-0.05, 0) is 30.5 Å². The monoisotopic (exact) mass is 317 g/mol. The van der Waals surface area contributed by atoms with E-state index in [-0.39, 0.29) is 0 Å². The minimum Gasteiger partial charge on any atom is -0.310 e.